The third kappa shape index (κ3) is 5.68. The highest BCUT2D eigenvalue weighted by atomic mass is 35.5. The van der Waals surface area contributed by atoms with Crippen molar-refractivity contribution in [2.24, 2.45) is 0 Å². The Balaban J connectivity index is 2.90. The van der Waals surface area contributed by atoms with Gasteiger partial charge in [0.1, 0.15) is 11.9 Å². The van der Waals surface area contributed by atoms with E-state index in [4.69, 9.17) is 16.7 Å². The minimum Gasteiger partial charge on any atom is -0.480 e. The maximum Gasteiger partial charge on any atom is 0.327 e. The number of benzene rings is 1. The van der Waals surface area contributed by atoms with Gasteiger partial charge < -0.3 is 10.4 Å². The summed E-state index contributed by atoms with van der Waals surface area (Å²) < 4.78 is 36.8. The van der Waals surface area contributed by atoms with Crippen LogP contribution in [0.5, 0.6) is 0 Å². The van der Waals surface area contributed by atoms with E-state index in [-0.39, 0.29) is 10.6 Å². The van der Waals surface area contributed by atoms with Crippen LogP contribution in [0.3, 0.4) is 0 Å². The number of aliphatic carboxylic acids is 1. The topological polar surface area (TPSA) is 101 Å². The van der Waals surface area contributed by atoms with E-state index in [9.17, 15) is 22.4 Å². The van der Waals surface area contributed by atoms with Crippen LogP contribution >= 0.6 is 11.6 Å². The van der Waals surface area contributed by atoms with Crippen molar-refractivity contribution in [3.8, 4) is 0 Å². The molecule has 0 heterocycles. The first-order chi connectivity index (χ1) is 9.60. The van der Waals surface area contributed by atoms with E-state index >= 15 is 0 Å². The van der Waals surface area contributed by atoms with Crippen molar-refractivity contribution in [1.29, 1.82) is 0 Å². The molecule has 0 aromatic heterocycles. The molecule has 1 amide bonds. The highest BCUT2D eigenvalue weighted by molar-refractivity contribution is 7.90. The zero-order valence-corrected chi connectivity index (χ0v) is 12.5. The van der Waals surface area contributed by atoms with Crippen molar-refractivity contribution in [2.75, 3.05) is 5.75 Å². The molecule has 21 heavy (non-hydrogen) atoms. The van der Waals surface area contributed by atoms with Gasteiger partial charge in [0.2, 0.25) is 5.91 Å². The molecule has 0 fully saturated rings. The Kier molecular flexibility index (Phi) is 5.68. The number of carbonyl (C=O) groups excluding carboxylic acids is 1. The van der Waals surface area contributed by atoms with Crippen LogP contribution in [-0.4, -0.2) is 37.2 Å². The SMILES string of the molecule is CC(=O)NC(CS(=O)(=O)Cc1ccc(F)cc1Cl)C(=O)O. The molecular weight excluding hydrogens is 325 g/mol. The lowest BCUT2D eigenvalue weighted by Gasteiger charge is -2.14. The number of carboxylic acid groups (broad SMARTS) is 1. The van der Waals surface area contributed by atoms with Crippen LogP contribution in [0.1, 0.15) is 12.5 Å². The first-order valence-electron chi connectivity index (χ1n) is 5.75. The average molecular weight is 338 g/mol. The second-order valence-electron chi connectivity index (χ2n) is 4.38. The molecule has 1 aromatic rings. The minimum atomic E-state index is -3.86. The van der Waals surface area contributed by atoms with E-state index < -0.39 is 45.1 Å². The van der Waals surface area contributed by atoms with Crippen molar-refractivity contribution in [3.63, 3.8) is 0 Å². The molecule has 0 bridgehead atoms. The zero-order valence-electron chi connectivity index (χ0n) is 11.0. The largest absolute Gasteiger partial charge is 0.480 e. The van der Waals surface area contributed by atoms with E-state index in [1.54, 1.807) is 0 Å². The van der Waals surface area contributed by atoms with Crippen LogP contribution in [0.25, 0.3) is 0 Å². The van der Waals surface area contributed by atoms with E-state index in [2.05, 4.69) is 0 Å². The fourth-order valence-electron chi connectivity index (χ4n) is 1.61. The third-order valence-electron chi connectivity index (χ3n) is 2.49. The maximum atomic E-state index is 12.9. The molecule has 0 aliphatic rings. The summed E-state index contributed by atoms with van der Waals surface area (Å²) in [4.78, 5) is 21.8. The number of halogens is 2. The number of carbonyl (C=O) groups is 2. The van der Waals surface area contributed by atoms with Gasteiger partial charge in [-0.15, -0.1) is 0 Å². The number of sulfone groups is 1. The Hall–Kier alpha value is -1.67. The number of carboxylic acids is 1. The lowest BCUT2D eigenvalue weighted by molar-refractivity contribution is -0.140. The minimum absolute atomic E-state index is 0.0648. The van der Waals surface area contributed by atoms with Gasteiger partial charge in [0.25, 0.3) is 0 Å². The van der Waals surface area contributed by atoms with Crippen molar-refractivity contribution >= 4 is 33.3 Å². The molecule has 0 saturated carbocycles. The van der Waals surface area contributed by atoms with Crippen LogP contribution in [0.4, 0.5) is 4.39 Å². The van der Waals surface area contributed by atoms with Gasteiger partial charge in [0.05, 0.1) is 11.5 Å². The van der Waals surface area contributed by atoms with Gasteiger partial charge in [-0.2, -0.15) is 0 Å². The van der Waals surface area contributed by atoms with Crippen LogP contribution < -0.4 is 5.32 Å². The number of hydrogen-bond acceptors (Lipinski definition) is 4. The van der Waals surface area contributed by atoms with Gasteiger partial charge in [-0.05, 0) is 17.7 Å². The average Bonchev–Trinajstić information content (AvgIpc) is 2.31. The Morgan fingerprint density at radius 2 is 2.05 bits per heavy atom. The molecule has 9 heteroatoms. The normalized spacial score (nSPS) is 12.7. The Morgan fingerprint density at radius 3 is 2.52 bits per heavy atom. The summed E-state index contributed by atoms with van der Waals surface area (Å²) >= 11 is 5.73. The van der Waals surface area contributed by atoms with Crippen molar-refractivity contribution in [3.05, 3.63) is 34.6 Å². The third-order valence-corrected chi connectivity index (χ3v) is 4.43. The number of nitrogens with one attached hydrogen (secondary N) is 1. The quantitative estimate of drug-likeness (QED) is 0.806. The fraction of sp³-hybridized carbons (Fsp3) is 0.333. The van der Waals surface area contributed by atoms with Crippen molar-refractivity contribution in [2.45, 2.75) is 18.7 Å². The van der Waals surface area contributed by atoms with Gasteiger partial charge in [0, 0.05) is 11.9 Å². The molecule has 6 nitrogen and oxygen atoms in total. The Bertz CT molecular complexity index is 662. The predicted molar refractivity (Wildman–Crippen MR) is 74.1 cm³/mol. The van der Waals surface area contributed by atoms with Gasteiger partial charge >= 0.3 is 5.97 Å². The molecule has 1 rings (SSSR count). The molecule has 116 valence electrons. The summed E-state index contributed by atoms with van der Waals surface area (Å²) in [5, 5.41) is 10.9. The lowest BCUT2D eigenvalue weighted by Crippen LogP contribution is -2.44. The summed E-state index contributed by atoms with van der Waals surface area (Å²) in [5.74, 6) is -4.05. The molecule has 1 atom stereocenters. The molecule has 1 aromatic carbocycles. The van der Waals surface area contributed by atoms with E-state index in [0.717, 1.165) is 19.1 Å². The standard InChI is InChI=1S/C12H13ClFNO5S/c1-7(16)15-11(12(17)18)6-21(19,20)5-8-2-3-9(14)4-10(8)13/h2-4,11H,5-6H2,1H3,(H,15,16)(H,17,18). The van der Waals surface area contributed by atoms with Gasteiger partial charge in [-0.1, -0.05) is 17.7 Å². The second-order valence-corrected chi connectivity index (χ2v) is 6.90. The first kappa shape index (κ1) is 17.4. The summed E-state index contributed by atoms with van der Waals surface area (Å²) in [6, 6.07) is 1.68. The van der Waals surface area contributed by atoms with Crippen LogP contribution in [0.15, 0.2) is 18.2 Å². The van der Waals surface area contributed by atoms with Crippen LogP contribution in [-0.2, 0) is 25.2 Å². The van der Waals surface area contributed by atoms with Gasteiger partial charge in [-0.3, -0.25) is 4.79 Å². The summed E-state index contributed by atoms with van der Waals surface area (Å²) in [5.41, 5.74) is 0.157. The monoisotopic (exact) mass is 337 g/mol. The number of amides is 1. The van der Waals surface area contributed by atoms with E-state index in [0.29, 0.717) is 0 Å². The van der Waals surface area contributed by atoms with Gasteiger partial charge in [-0.25, -0.2) is 17.6 Å². The van der Waals surface area contributed by atoms with E-state index in [1.807, 2.05) is 5.32 Å². The molecular formula is C12H13ClFNO5S. The molecule has 2 N–H and O–H groups in total. The molecule has 1 unspecified atom stereocenters. The first-order valence-corrected chi connectivity index (χ1v) is 7.95. The highest BCUT2D eigenvalue weighted by Gasteiger charge is 2.26. The Morgan fingerprint density at radius 1 is 1.43 bits per heavy atom. The lowest BCUT2D eigenvalue weighted by atomic mass is 10.2. The van der Waals surface area contributed by atoms with Gasteiger partial charge in [0.15, 0.2) is 9.84 Å². The van der Waals surface area contributed by atoms with E-state index in [1.165, 1.54) is 6.07 Å². The smallest absolute Gasteiger partial charge is 0.327 e. The molecule has 0 aliphatic heterocycles. The van der Waals surface area contributed by atoms with Crippen LogP contribution in [0.2, 0.25) is 5.02 Å². The summed E-state index contributed by atoms with van der Waals surface area (Å²) in [6.07, 6.45) is 0. The molecule has 0 spiro atoms. The predicted octanol–water partition coefficient (Wildman–Crippen LogP) is 0.983. The van der Waals surface area contributed by atoms with Crippen molar-refractivity contribution in [1.82, 2.24) is 5.32 Å². The summed E-state index contributed by atoms with van der Waals surface area (Å²) in [7, 11) is -3.86. The molecule has 0 saturated heterocycles. The zero-order chi connectivity index (χ0) is 16.2. The Labute approximate surface area is 125 Å². The summed E-state index contributed by atoms with van der Waals surface area (Å²) in [6.45, 7) is 1.08. The fourth-order valence-corrected chi connectivity index (χ4v) is 3.50. The number of hydrogen-bond donors (Lipinski definition) is 2. The maximum absolute atomic E-state index is 12.9. The molecule has 0 aliphatic carbocycles. The highest BCUT2D eigenvalue weighted by Crippen LogP contribution is 2.20. The van der Waals surface area contributed by atoms with Crippen LogP contribution in [0, 0.1) is 5.82 Å². The number of rotatable bonds is 6. The second kappa shape index (κ2) is 6.86. The van der Waals surface area contributed by atoms with Crippen molar-refractivity contribution < 1.29 is 27.5 Å². The molecule has 0 radical (unpaired) electrons.